The lowest BCUT2D eigenvalue weighted by molar-refractivity contribution is 0.0256. The molecule has 0 bridgehead atoms. The molecule has 0 saturated carbocycles. The molecule has 5 nitrogen and oxygen atoms in total. The Morgan fingerprint density at radius 1 is 1.60 bits per heavy atom. The molecule has 1 aliphatic heterocycles. The second-order valence-corrected chi connectivity index (χ2v) is 4.69. The van der Waals surface area contributed by atoms with Gasteiger partial charge in [0.2, 0.25) is 0 Å². The standard InChI is InChI=1S/C10H18N2O3/c1-7-8(11-14)5-6-12(7)9(13)15-10(2,3)4/h7,14H,5-6H2,1-4H3. The second kappa shape index (κ2) is 4.08. The summed E-state index contributed by atoms with van der Waals surface area (Å²) < 4.78 is 5.24. The lowest BCUT2D eigenvalue weighted by atomic mass is 10.2. The van der Waals surface area contributed by atoms with Gasteiger partial charge >= 0.3 is 6.09 Å². The molecule has 0 aliphatic carbocycles. The summed E-state index contributed by atoms with van der Waals surface area (Å²) in [5.74, 6) is 0. The maximum atomic E-state index is 11.7. The molecule has 1 saturated heterocycles. The van der Waals surface area contributed by atoms with Crippen molar-refractivity contribution in [3.8, 4) is 0 Å². The van der Waals surface area contributed by atoms with Crippen molar-refractivity contribution in [2.24, 2.45) is 5.16 Å². The van der Waals surface area contributed by atoms with E-state index in [4.69, 9.17) is 9.94 Å². The first kappa shape index (κ1) is 11.8. The summed E-state index contributed by atoms with van der Waals surface area (Å²) in [5.41, 5.74) is 0.136. The zero-order chi connectivity index (χ0) is 11.6. The second-order valence-electron chi connectivity index (χ2n) is 4.69. The van der Waals surface area contributed by atoms with Gasteiger partial charge in [-0.25, -0.2) is 4.79 Å². The van der Waals surface area contributed by atoms with Crippen LogP contribution in [0.15, 0.2) is 5.16 Å². The molecule has 1 heterocycles. The molecule has 1 atom stereocenters. The molecule has 15 heavy (non-hydrogen) atoms. The van der Waals surface area contributed by atoms with Crippen molar-refractivity contribution >= 4 is 11.8 Å². The zero-order valence-electron chi connectivity index (χ0n) is 9.65. The number of rotatable bonds is 0. The predicted octanol–water partition coefficient (Wildman–Crippen LogP) is 1.85. The van der Waals surface area contributed by atoms with Crippen LogP contribution >= 0.6 is 0 Å². The summed E-state index contributed by atoms with van der Waals surface area (Å²) in [4.78, 5) is 13.3. The summed E-state index contributed by atoms with van der Waals surface area (Å²) in [5, 5.41) is 11.8. The highest BCUT2D eigenvalue weighted by Gasteiger charge is 2.33. The van der Waals surface area contributed by atoms with Crippen molar-refractivity contribution in [2.75, 3.05) is 6.54 Å². The van der Waals surface area contributed by atoms with E-state index in [9.17, 15) is 4.79 Å². The Labute approximate surface area is 89.7 Å². The van der Waals surface area contributed by atoms with Crippen molar-refractivity contribution < 1.29 is 14.7 Å². The molecule has 5 heteroatoms. The molecule has 1 unspecified atom stereocenters. The number of likely N-dealkylation sites (tertiary alicyclic amines) is 1. The third-order valence-electron chi connectivity index (χ3n) is 2.32. The Balaban J connectivity index is 2.63. The van der Waals surface area contributed by atoms with Crippen LogP contribution in [0.1, 0.15) is 34.1 Å². The van der Waals surface area contributed by atoms with Gasteiger partial charge in [0.25, 0.3) is 0 Å². The molecule has 0 radical (unpaired) electrons. The fraction of sp³-hybridized carbons (Fsp3) is 0.800. The van der Waals surface area contributed by atoms with Gasteiger partial charge in [-0.1, -0.05) is 5.16 Å². The van der Waals surface area contributed by atoms with E-state index < -0.39 is 5.60 Å². The fourth-order valence-corrected chi connectivity index (χ4v) is 1.52. The van der Waals surface area contributed by atoms with Gasteiger partial charge in [-0.2, -0.15) is 0 Å². The maximum Gasteiger partial charge on any atom is 0.410 e. The van der Waals surface area contributed by atoms with Crippen LogP contribution in [0.5, 0.6) is 0 Å². The Hall–Kier alpha value is -1.26. The summed E-state index contributed by atoms with van der Waals surface area (Å²) in [7, 11) is 0. The first-order chi connectivity index (χ1) is 6.85. The SMILES string of the molecule is CC1C(=NO)CCN1C(=O)OC(C)(C)C. The van der Waals surface area contributed by atoms with Crippen LogP contribution < -0.4 is 0 Å². The zero-order valence-corrected chi connectivity index (χ0v) is 9.65. The minimum Gasteiger partial charge on any atom is -0.444 e. The molecule has 1 amide bonds. The quantitative estimate of drug-likeness (QED) is 0.494. The Morgan fingerprint density at radius 3 is 2.60 bits per heavy atom. The molecule has 1 aliphatic rings. The van der Waals surface area contributed by atoms with E-state index in [0.717, 1.165) is 0 Å². The highest BCUT2D eigenvalue weighted by atomic mass is 16.6. The first-order valence-corrected chi connectivity index (χ1v) is 5.05. The number of oxime groups is 1. The van der Waals surface area contributed by atoms with E-state index in [1.807, 2.05) is 27.7 Å². The largest absolute Gasteiger partial charge is 0.444 e. The molecule has 1 rings (SSSR count). The fourth-order valence-electron chi connectivity index (χ4n) is 1.52. The average Bonchev–Trinajstić information content (AvgIpc) is 2.43. The van der Waals surface area contributed by atoms with Crippen LogP contribution in [0.25, 0.3) is 0 Å². The van der Waals surface area contributed by atoms with Gasteiger partial charge in [-0.3, -0.25) is 4.90 Å². The maximum absolute atomic E-state index is 11.7. The minimum atomic E-state index is -0.490. The molecular weight excluding hydrogens is 196 g/mol. The van der Waals surface area contributed by atoms with E-state index in [2.05, 4.69) is 5.16 Å². The van der Waals surface area contributed by atoms with Crippen LogP contribution in [-0.2, 0) is 4.74 Å². The first-order valence-electron chi connectivity index (χ1n) is 5.05. The number of nitrogens with zero attached hydrogens (tertiary/aromatic N) is 2. The van der Waals surface area contributed by atoms with E-state index in [1.54, 1.807) is 4.90 Å². The van der Waals surface area contributed by atoms with Crippen molar-refractivity contribution in [3.63, 3.8) is 0 Å². The molecular formula is C10H18N2O3. The predicted molar refractivity (Wildman–Crippen MR) is 56.2 cm³/mol. The number of amides is 1. The highest BCUT2D eigenvalue weighted by Crippen LogP contribution is 2.18. The number of ether oxygens (including phenoxy) is 1. The molecule has 1 N–H and O–H groups in total. The third-order valence-corrected chi connectivity index (χ3v) is 2.32. The van der Waals surface area contributed by atoms with Gasteiger partial charge in [0.1, 0.15) is 5.60 Å². The van der Waals surface area contributed by atoms with Crippen LogP contribution in [-0.4, -0.2) is 40.1 Å². The average molecular weight is 214 g/mol. The molecule has 0 aromatic heterocycles. The highest BCUT2D eigenvalue weighted by molar-refractivity contribution is 5.94. The molecule has 0 aromatic rings. The van der Waals surface area contributed by atoms with Gasteiger partial charge < -0.3 is 9.94 Å². The van der Waals surface area contributed by atoms with Gasteiger partial charge in [-0.15, -0.1) is 0 Å². The number of carbonyl (C=O) groups excluding carboxylic acids is 1. The number of hydrogen-bond donors (Lipinski definition) is 1. The Morgan fingerprint density at radius 2 is 2.20 bits per heavy atom. The van der Waals surface area contributed by atoms with E-state index in [0.29, 0.717) is 18.7 Å². The van der Waals surface area contributed by atoms with Crippen LogP contribution in [0.3, 0.4) is 0 Å². The Bertz CT molecular complexity index is 281. The summed E-state index contributed by atoms with van der Waals surface area (Å²) in [6.45, 7) is 7.85. The van der Waals surface area contributed by atoms with Crippen LogP contribution in [0, 0.1) is 0 Å². The van der Waals surface area contributed by atoms with Crippen LogP contribution in [0.2, 0.25) is 0 Å². The number of carbonyl (C=O) groups is 1. The Kier molecular flexibility index (Phi) is 3.21. The monoisotopic (exact) mass is 214 g/mol. The van der Waals surface area contributed by atoms with Gasteiger partial charge in [0, 0.05) is 13.0 Å². The van der Waals surface area contributed by atoms with Crippen molar-refractivity contribution in [1.29, 1.82) is 0 Å². The van der Waals surface area contributed by atoms with Crippen LogP contribution in [0.4, 0.5) is 4.79 Å². The minimum absolute atomic E-state index is 0.176. The van der Waals surface area contributed by atoms with Gasteiger partial charge in [0.15, 0.2) is 0 Å². The van der Waals surface area contributed by atoms with Gasteiger partial charge in [0.05, 0.1) is 11.8 Å². The van der Waals surface area contributed by atoms with Gasteiger partial charge in [-0.05, 0) is 27.7 Å². The molecule has 86 valence electrons. The van der Waals surface area contributed by atoms with E-state index in [-0.39, 0.29) is 12.1 Å². The number of hydrogen-bond acceptors (Lipinski definition) is 4. The normalized spacial score (nSPS) is 24.7. The summed E-state index contributed by atoms with van der Waals surface area (Å²) >= 11 is 0. The van der Waals surface area contributed by atoms with E-state index in [1.165, 1.54) is 0 Å². The summed E-state index contributed by atoms with van der Waals surface area (Å²) in [6.07, 6.45) is 0.255. The smallest absolute Gasteiger partial charge is 0.410 e. The molecule has 1 fully saturated rings. The van der Waals surface area contributed by atoms with E-state index >= 15 is 0 Å². The lowest BCUT2D eigenvalue weighted by Gasteiger charge is -2.26. The van der Waals surface area contributed by atoms with Crippen molar-refractivity contribution in [2.45, 2.75) is 45.8 Å². The summed E-state index contributed by atoms with van der Waals surface area (Å²) in [6, 6.07) is -0.176. The molecule has 0 spiro atoms. The van der Waals surface area contributed by atoms with Crippen molar-refractivity contribution in [1.82, 2.24) is 4.90 Å². The lowest BCUT2D eigenvalue weighted by Crippen LogP contribution is -2.40. The third kappa shape index (κ3) is 2.84. The molecule has 0 aromatic carbocycles. The topological polar surface area (TPSA) is 62.1 Å². The van der Waals surface area contributed by atoms with Crippen molar-refractivity contribution in [3.05, 3.63) is 0 Å².